The summed E-state index contributed by atoms with van der Waals surface area (Å²) in [5, 5.41) is 7.20. The first-order chi connectivity index (χ1) is 11.1. The molecule has 1 aromatic rings. The largest absolute Gasteiger partial charge is 0.369 e. The molecule has 2 heterocycles. The zero-order valence-electron chi connectivity index (χ0n) is 14.3. The van der Waals surface area contributed by atoms with Crippen molar-refractivity contribution in [2.24, 2.45) is 0 Å². The molecule has 2 aliphatic heterocycles. The van der Waals surface area contributed by atoms with E-state index >= 15 is 0 Å². The van der Waals surface area contributed by atoms with Crippen LogP contribution in [0.4, 0.5) is 5.69 Å². The number of anilines is 1. The number of benzene rings is 1. The van der Waals surface area contributed by atoms with E-state index in [4.69, 9.17) is 16.3 Å². The highest BCUT2D eigenvalue weighted by Gasteiger charge is 2.41. The Hall–Kier alpha value is -0.720. The molecular weight excluding hydrogens is 385 g/mol. The van der Waals surface area contributed by atoms with Crippen LogP contribution in [-0.4, -0.2) is 50.8 Å². The Balaban J connectivity index is 0.00000156. The topological polar surface area (TPSA) is 53.6 Å². The van der Waals surface area contributed by atoms with Crippen LogP contribution < -0.4 is 15.5 Å². The number of carbonyl (C=O) groups excluding carboxylic acids is 1. The molecule has 25 heavy (non-hydrogen) atoms. The van der Waals surface area contributed by atoms with Gasteiger partial charge in [-0.05, 0) is 50.6 Å². The summed E-state index contributed by atoms with van der Waals surface area (Å²) in [6.07, 6.45) is 2.39. The minimum Gasteiger partial charge on any atom is -0.369 e. The second-order valence-corrected chi connectivity index (χ2v) is 6.77. The first-order valence-electron chi connectivity index (χ1n) is 8.20. The van der Waals surface area contributed by atoms with E-state index in [1.807, 2.05) is 18.2 Å². The SMILES string of the molecule is COC1(C(=O)NC2CCN(c3cccc(Cl)c3)C2)CCNCC1.Cl.Cl. The Morgan fingerprint density at radius 2 is 2.08 bits per heavy atom. The number of amides is 1. The van der Waals surface area contributed by atoms with E-state index in [0.29, 0.717) is 0 Å². The highest BCUT2D eigenvalue weighted by atomic mass is 35.5. The van der Waals surface area contributed by atoms with Crippen LogP contribution in [0.15, 0.2) is 24.3 Å². The van der Waals surface area contributed by atoms with Crippen LogP contribution in [0.25, 0.3) is 0 Å². The van der Waals surface area contributed by atoms with Crippen LogP contribution in [0.3, 0.4) is 0 Å². The molecule has 1 unspecified atom stereocenters. The molecule has 142 valence electrons. The Labute approximate surface area is 166 Å². The number of piperidine rings is 1. The Bertz CT molecular complexity index is 568. The van der Waals surface area contributed by atoms with Gasteiger partial charge in [0.25, 0.3) is 5.91 Å². The van der Waals surface area contributed by atoms with E-state index in [-0.39, 0.29) is 36.8 Å². The number of halogens is 3. The maximum absolute atomic E-state index is 12.7. The second-order valence-electron chi connectivity index (χ2n) is 6.33. The average Bonchev–Trinajstić information content (AvgIpc) is 3.04. The summed E-state index contributed by atoms with van der Waals surface area (Å²) in [5.74, 6) is 0.0273. The number of hydrogen-bond donors (Lipinski definition) is 2. The number of nitrogens with one attached hydrogen (secondary N) is 2. The normalized spacial score (nSPS) is 21.8. The first-order valence-corrected chi connectivity index (χ1v) is 8.58. The van der Waals surface area contributed by atoms with E-state index < -0.39 is 5.60 Å². The molecule has 5 nitrogen and oxygen atoms in total. The maximum Gasteiger partial charge on any atom is 0.252 e. The van der Waals surface area contributed by atoms with Gasteiger partial charge >= 0.3 is 0 Å². The lowest BCUT2D eigenvalue weighted by Crippen LogP contribution is -2.56. The van der Waals surface area contributed by atoms with Crippen molar-refractivity contribution < 1.29 is 9.53 Å². The number of carbonyl (C=O) groups is 1. The predicted molar refractivity (Wildman–Crippen MR) is 107 cm³/mol. The summed E-state index contributed by atoms with van der Waals surface area (Å²) in [6.45, 7) is 3.37. The fourth-order valence-electron chi connectivity index (χ4n) is 3.46. The molecule has 0 saturated carbocycles. The smallest absolute Gasteiger partial charge is 0.252 e. The highest BCUT2D eigenvalue weighted by molar-refractivity contribution is 6.30. The number of nitrogens with zero attached hydrogens (tertiary/aromatic N) is 1. The summed E-state index contributed by atoms with van der Waals surface area (Å²) in [5.41, 5.74) is 0.437. The predicted octanol–water partition coefficient (Wildman–Crippen LogP) is 2.65. The van der Waals surface area contributed by atoms with Crippen LogP contribution in [0.5, 0.6) is 0 Å². The molecular formula is C17H26Cl3N3O2. The van der Waals surface area contributed by atoms with Crippen molar-refractivity contribution in [3.05, 3.63) is 29.3 Å². The van der Waals surface area contributed by atoms with Crippen LogP contribution in [-0.2, 0) is 9.53 Å². The van der Waals surface area contributed by atoms with E-state index in [1.54, 1.807) is 7.11 Å². The number of ether oxygens (including phenoxy) is 1. The highest BCUT2D eigenvalue weighted by Crippen LogP contribution is 2.26. The molecule has 0 spiro atoms. The Kier molecular flexibility index (Phi) is 8.78. The van der Waals surface area contributed by atoms with Crippen molar-refractivity contribution >= 4 is 48.0 Å². The molecule has 1 aromatic carbocycles. The quantitative estimate of drug-likeness (QED) is 0.801. The average molecular weight is 411 g/mol. The Morgan fingerprint density at radius 3 is 2.72 bits per heavy atom. The third-order valence-corrected chi connectivity index (χ3v) is 5.15. The zero-order chi connectivity index (χ0) is 16.3. The van der Waals surface area contributed by atoms with Crippen molar-refractivity contribution in [3.8, 4) is 0 Å². The molecule has 0 aliphatic carbocycles. The molecule has 8 heteroatoms. The second kappa shape index (κ2) is 9.83. The summed E-state index contributed by atoms with van der Waals surface area (Å²) in [6, 6.07) is 8.01. The van der Waals surface area contributed by atoms with Crippen molar-refractivity contribution in [1.29, 1.82) is 0 Å². The van der Waals surface area contributed by atoms with E-state index in [2.05, 4.69) is 21.6 Å². The zero-order valence-corrected chi connectivity index (χ0v) is 16.7. The minimum atomic E-state index is -0.672. The van der Waals surface area contributed by atoms with E-state index in [1.165, 1.54) is 0 Å². The molecule has 1 atom stereocenters. The third kappa shape index (κ3) is 5.14. The van der Waals surface area contributed by atoms with Gasteiger partial charge in [0, 0.05) is 37.0 Å². The van der Waals surface area contributed by atoms with Gasteiger partial charge < -0.3 is 20.3 Å². The molecule has 0 bridgehead atoms. The number of hydrogen-bond acceptors (Lipinski definition) is 4. The van der Waals surface area contributed by atoms with Crippen LogP contribution in [0.1, 0.15) is 19.3 Å². The minimum absolute atomic E-state index is 0. The summed E-state index contributed by atoms with van der Waals surface area (Å²) >= 11 is 6.06. The van der Waals surface area contributed by atoms with E-state index in [0.717, 1.165) is 56.2 Å². The molecule has 1 amide bonds. The van der Waals surface area contributed by atoms with E-state index in [9.17, 15) is 4.79 Å². The maximum atomic E-state index is 12.7. The molecule has 2 aliphatic rings. The number of methoxy groups -OCH3 is 1. The molecule has 2 fully saturated rings. The van der Waals surface area contributed by atoms with Crippen molar-refractivity contribution in [2.75, 3.05) is 38.2 Å². The van der Waals surface area contributed by atoms with Gasteiger partial charge in [0.1, 0.15) is 5.60 Å². The van der Waals surface area contributed by atoms with Gasteiger partial charge in [-0.25, -0.2) is 0 Å². The van der Waals surface area contributed by atoms with Gasteiger partial charge in [0.05, 0.1) is 0 Å². The van der Waals surface area contributed by atoms with Gasteiger partial charge in [-0.2, -0.15) is 0 Å². The molecule has 3 rings (SSSR count). The van der Waals surface area contributed by atoms with Crippen LogP contribution in [0.2, 0.25) is 5.02 Å². The van der Waals surface area contributed by atoms with Crippen LogP contribution in [0, 0.1) is 0 Å². The number of rotatable bonds is 4. The fourth-order valence-corrected chi connectivity index (χ4v) is 3.64. The van der Waals surface area contributed by atoms with Gasteiger partial charge in [0.15, 0.2) is 0 Å². The molecule has 2 saturated heterocycles. The lowest BCUT2D eigenvalue weighted by molar-refractivity contribution is -0.147. The van der Waals surface area contributed by atoms with Crippen molar-refractivity contribution in [1.82, 2.24) is 10.6 Å². The van der Waals surface area contributed by atoms with Crippen molar-refractivity contribution in [2.45, 2.75) is 30.9 Å². The van der Waals surface area contributed by atoms with Gasteiger partial charge in [-0.1, -0.05) is 17.7 Å². The van der Waals surface area contributed by atoms with Gasteiger partial charge in [-0.3, -0.25) is 4.79 Å². The van der Waals surface area contributed by atoms with Crippen LogP contribution >= 0.6 is 36.4 Å². The summed E-state index contributed by atoms with van der Waals surface area (Å²) in [7, 11) is 1.64. The lowest BCUT2D eigenvalue weighted by atomic mass is 9.90. The van der Waals surface area contributed by atoms with Gasteiger partial charge in [0.2, 0.25) is 0 Å². The first kappa shape index (κ1) is 22.3. The summed E-state index contributed by atoms with van der Waals surface area (Å²) in [4.78, 5) is 15.0. The van der Waals surface area contributed by atoms with Crippen molar-refractivity contribution in [3.63, 3.8) is 0 Å². The fraction of sp³-hybridized carbons (Fsp3) is 0.588. The Morgan fingerprint density at radius 1 is 1.36 bits per heavy atom. The standard InChI is InChI=1S/C17H24ClN3O2.2ClH/c1-23-17(6-8-19-9-7-17)16(22)20-14-5-10-21(12-14)15-4-2-3-13(18)11-15;;/h2-4,11,14,19H,5-10,12H2,1H3,(H,20,22);2*1H. The lowest BCUT2D eigenvalue weighted by Gasteiger charge is -2.35. The molecule has 2 N–H and O–H groups in total. The monoisotopic (exact) mass is 409 g/mol. The summed E-state index contributed by atoms with van der Waals surface area (Å²) < 4.78 is 5.59. The van der Waals surface area contributed by atoms with Gasteiger partial charge in [-0.15, -0.1) is 24.8 Å². The third-order valence-electron chi connectivity index (χ3n) is 4.91. The molecule has 0 aromatic heterocycles. The molecule has 0 radical (unpaired) electrons.